The molecule has 2 aliphatic rings. The fourth-order valence-electron chi connectivity index (χ4n) is 6.24. The number of hydrogen-bond acceptors (Lipinski definition) is 6. The first kappa shape index (κ1) is 26.4. The van der Waals surface area contributed by atoms with Gasteiger partial charge in [0, 0.05) is 30.7 Å². The summed E-state index contributed by atoms with van der Waals surface area (Å²) in [7, 11) is 0. The van der Waals surface area contributed by atoms with Gasteiger partial charge < -0.3 is 18.6 Å². The van der Waals surface area contributed by atoms with Crippen LogP contribution >= 0.6 is 0 Å². The third-order valence-corrected chi connectivity index (χ3v) is 8.05. The number of cyclic esters (lactones) is 1. The van der Waals surface area contributed by atoms with Gasteiger partial charge in [0.15, 0.2) is 11.6 Å². The number of carbonyl (C=O) groups excluding carboxylic acids is 1. The van der Waals surface area contributed by atoms with Gasteiger partial charge in [-0.3, -0.25) is 4.90 Å². The lowest BCUT2D eigenvalue weighted by molar-refractivity contribution is 0.0270. The summed E-state index contributed by atoms with van der Waals surface area (Å²) in [5.74, 6) is -0.574. The number of aryl methyl sites for hydroxylation is 2. The molecule has 2 fully saturated rings. The van der Waals surface area contributed by atoms with Crippen molar-refractivity contribution in [2.24, 2.45) is 0 Å². The molecule has 3 heterocycles. The van der Waals surface area contributed by atoms with Gasteiger partial charge >= 0.3 is 6.09 Å². The van der Waals surface area contributed by atoms with E-state index in [9.17, 15) is 13.6 Å². The second-order valence-corrected chi connectivity index (χ2v) is 10.5. The van der Waals surface area contributed by atoms with Crippen LogP contribution < -0.4 is 4.90 Å². The summed E-state index contributed by atoms with van der Waals surface area (Å²) in [4.78, 5) is 19.6. The first-order chi connectivity index (χ1) is 19.4. The summed E-state index contributed by atoms with van der Waals surface area (Å²) >= 11 is 0. The molecule has 1 aliphatic carbocycles. The summed E-state index contributed by atoms with van der Waals surface area (Å²) in [6.45, 7) is 6.69. The Labute approximate surface area is 230 Å². The number of rotatable bonds is 6. The number of halogens is 2. The van der Waals surface area contributed by atoms with E-state index < -0.39 is 23.8 Å². The minimum Gasteiger partial charge on any atom is -0.449 e. The SMILES string of the molecule is CCO[C@H]1CC[C@H](n2c([C@@H]3CCOC(=O)N3c3ccc(F)c(F)c3)nc3cc(-c4c(C)noc4C)ccc32)CC1. The topological polar surface area (TPSA) is 82.6 Å². The van der Waals surface area contributed by atoms with Gasteiger partial charge in [-0.15, -0.1) is 0 Å². The summed E-state index contributed by atoms with van der Waals surface area (Å²) < 4.78 is 47.0. The van der Waals surface area contributed by atoms with E-state index >= 15 is 0 Å². The Morgan fingerprint density at radius 3 is 2.52 bits per heavy atom. The Bertz CT molecular complexity index is 1540. The average Bonchev–Trinajstić information content (AvgIpc) is 3.49. The lowest BCUT2D eigenvalue weighted by Gasteiger charge is -2.37. The highest BCUT2D eigenvalue weighted by molar-refractivity contribution is 5.90. The Morgan fingerprint density at radius 1 is 1.02 bits per heavy atom. The largest absolute Gasteiger partial charge is 0.449 e. The molecule has 0 unspecified atom stereocenters. The Kier molecular flexibility index (Phi) is 7.04. The quantitative estimate of drug-likeness (QED) is 0.253. The zero-order chi connectivity index (χ0) is 28.0. The molecule has 1 amide bonds. The van der Waals surface area contributed by atoms with Crippen LogP contribution in [0.2, 0.25) is 0 Å². The number of ether oxygens (including phenoxy) is 2. The highest BCUT2D eigenvalue weighted by Crippen LogP contribution is 2.41. The Hall–Kier alpha value is -3.79. The third-order valence-electron chi connectivity index (χ3n) is 8.05. The number of imidazole rings is 1. The number of fused-ring (bicyclic) bond motifs is 1. The van der Waals surface area contributed by atoms with Crippen molar-refractivity contribution in [2.75, 3.05) is 18.1 Å². The molecule has 8 nitrogen and oxygen atoms in total. The van der Waals surface area contributed by atoms with Crippen molar-refractivity contribution in [3.05, 3.63) is 65.3 Å². The fourth-order valence-corrected chi connectivity index (χ4v) is 6.24. The van der Waals surface area contributed by atoms with Crippen molar-refractivity contribution in [1.82, 2.24) is 14.7 Å². The number of nitrogens with zero attached hydrogens (tertiary/aromatic N) is 4. The normalized spacial score (nSPS) is 21.7. The predicted molar refractivity (Wildman–Crippen MR) is 145 cm³/mol. The monoisotopic (exact) mass is 550 g/mol. The van der Waals surface area contributed by atoms with Crippen molar-refractivity contribution < 1.29 is 27.6 Å². The predicted octanol–water partition coefficient (Wildman–Crippen LogP) is 7.19. The smallest absolute Gasteiger partial charge is 0.414 e. The van der Waals surface area contributed by atoms with Crippen LogP contribution in [-0.4, -0.2) is 40.1 Å². The van der Waals surface area contributed by atoms with E-state index in [1.165, 1.54) is 11.0 Å². The molecule has 0 N–H and O–H groups in total. The van der Waals surface area contributed by atoms with Gasteiger partial charge in [-0.2, -0.15) is 0 Å². The van der Waals surface area contributed by atoms with Crippen LogP contribution in [0.15, 0.2) is 40.9 Å². The van der Waals surface area contributed by atoms with Gasteiger partial charge in [0.25, 0.3) is 0 Å². The van der Waals surface area contributed by atoms with Crippen molar-refractivity contribution in [3.8, 4) is 11.1 Å². The number of amides is 1. The highest BCUT2D eigenvalue weighted by Gasteiger charge is 2.38. The molecule has 0 bridgehead atoms. The Balaban J connectivity index is 1.48. The molecule has 1 atom stereocenters. The molecule has 4 aromatic rings. The number of benzene rings is 2. The zero-order valence-corrected chi connectivity index (χ0v) is 22.8. The van der Waals surface area contributed by atoms with Gasteiger partial charge in [0.05, 0.1) is 35.1 Å². The number of carbonyl (C=O) groups is 1. The first-order valence-corrected chi connectivity index (χ1v) is 13.8. The van der Waals surface area contributed by atoms with Crippen LogP contribution in [0.3, 0.4) is 0 Å². The van der Waals surface area contributed by atoms with Gasteiger partial charge in [0.2, 0.25) is 0 Å². The van der Waals surface area contributed by atoms with Crippen LogP contribution in [0.5, 0.6) is 0 Å². The van der Waals surface area contributed by atoms with Gasteiger partial charge in [-0.1, -0.05) is 11.2 Å². The molecule has 1 saturated carbocycles. The molecule has 2 aromatic carbocycles. The molecule has 1 aliphatic heterocycles. The molecule has 40 heavy (non-hydrogen) atoms. The van der Waals surface area contributed by atoms with Crippen molar-refractivity contribution in [2.45, 2.75) is 71.1 Å². The molecule has 2 aromatic heterocycles. The van der Waals surface area contributed by atoms with Crippen molar-refractivity contribution >= 4 is 22.8 Å². The second kappa shape index (κ2) is 10.6. The van der Waals surface area contributed by atoms with Crippen LogP contribution in [-0.2, 0) is 9.47 Å². The zero-order valence-electron chi connectivity index (χ0n) is 22.8. The molecule has 210 valence electrons. The summed E-state index contributed by atoms with van der Waals surface area (Å²) in [5, 5.41) is 4.10. The summed E-state index contributed by atoms with van der Waals surface area (Å²) in [5.41, 5.74) is 4.63. The van der Waals surface area contributed by atoms with Crippen LogP contribution in [0, 0.1) is 25.5 Å². The van der Waals surface area contributed by atoms with E-state index in [4.69, 9.17) is 19.0 Å². The average molecular weight is 551 g/mol. The highest BCUT2D eigenvalue weighted by atomic mass is 19.2. The molecule has 1 saturated heterocycles. The number of anilines is 1. The Morgan fingerprint density at radius 2 is 1.82 bits per heavy atom. The fraction of sp³-hybridized carbons (Fsp3) is 0.433. The van der Waals surface area contributed by atoms with E-state index in [0.29, 0.717) is 18.9 Å². The third kappa shape index (κ3) is 4.64. The minimum absolute atomic E-state index is 0.145. The number of aromatic nitrogens is 3. The molecular weight excluding hydrogens is 518 g/mol. The molecule has 10 heteroatoms. The maximum Gasteiger partial charge on any atom is 0.414 e. The standard InChI is InChI=1S/C30H32F2N4O4/c1-4-38-22-9-6-20(7-10-22)35-26-12-5-19(28-17(2)34-40-18(28)3)15-25(26)33-29(35)27-13-14-39-30(37)36(27)21-8-11-23(31)24(32)16-21/h5,8,11-12,15-16,20,22,27H,4,6-7,9-10,13-14H2,1-3H3/t20-,22-,27-/m0/s1. The van der Waals surface area contributed by atoms with Gasteiger partial charge in [-0.25, -0.2) is 18.6 Å². The van der Waals surface area contributed by atoms with E-state index in [-0.39, 0.29) is 24.4 Å². The van der Waals surface area contributed by atoms with Gasteiger partial charge in [-0.05, 0) is 76.3 Å². The maximum absolute atomic E-state index is 14.3. The molecule has 0 radical (unpaired) electrons. The molecule has 6 rings (SSSR count). The van der Waals surface area contributed by atoms with Crippen molar-refractivity contribution in [3.63, 3.8) is 0 Å². The van der Waals surface area contributed by atoms with E-state index in [2.05, 4.69) is 15.8 Å². The van der Waals surface area contributed by atoms with Crippen LogP contribution in [0.25, 0.3) is 22.2 Å². The number of hydrogen-bond donors (Lipinski definition) is 0. The van der Waals surface area contributed by atoms with Crippen LogP contribution in [0.4, 0.5) is 19.3 Å². The summed E-state index contributed by atoms with van der Waals surface area (Å²) in [6.07, 6.45) is 3.72. The van der Waals surface area contributed by atoms with Crippen LogP contribution in [0.1, 0.15) is 68.4 Å². The lowest BCUT2D eigenvalue weighted by Crippen LogP contribution is -2.42. The molecule has 0 spiro atoms. The summed E-state index contributed by atoms with van der Waals surface area (Å²) in [6, 6.07) is 9.21. The first-order valence-electron chi connectivity index (χ1n) is 13.8. The van der Waals surface area contributed by atoms with Gasteiger partial charge in [0.1, 0.15) is 17.6 Å². The lowest BCUT2D eigenvalue weighted by atomic mass is 9.92. The van der Waals surface area contributed by atoms with E-state index in [1.54, 1.807) is 0 Å². The molecular formula is C30H32F2N4O4. The van der Waals surface area contributed by atoms with E-state index in [0.717, 1.165) is 71.4 Å². The maximum atomic E-state index is 14.3. The van der Waals surface area contributed by atoms with E-state index in [1.807, 2.05) is 32.9 Å². The van der Waals surface area contributed by atoms with Crippen molar-refractivity contribution in [1.29, 1.82) is 0 Å². The second-order valence-electron chi connectivity index (χ2n) is 10.5. The minimum atomic E-state index is -1.03.